The van der Waals surface area contributed by atoms with Gasteiger partial charge in [0.05, 0.1) is 12.1 Å². The number of allylic oxidation sites excluding steroid dienone is 2. The molecule has 0 radical (unpaired) electrons. The Morgan fingerprint density at radius 2 is 1.07 bits per heavy atom. The minimum atomic E-state index is -0.0541. The van der Waals surface area contributed by atoms with Crippen LogP contribution in [0.25, 0.3) is 0 Å². The molecule has 0 N–H and O–H groups in total. The predicted molar refractivity (Wildman–Crippen MR) is 104 cm³/mol. The van der Waals surface area contributed by atoms with E-state index >= 15 is 0 Å². The smallest absolute Gasteiger partial charge is 0.246 e. The summed E-state index contributed by atoms with van der Waals surface area (Å²) in [5.41, 5.74) is 3.27. The molecule has 0 spiro atoms. The second-order valence-electron chi connectivity index (χ2n) is 11.1. The molecule has 1 aromatic rings. The topological polar surface area (TPSA) is 48.9 Å². The van der Waals surface area contributed by atoms with Gasteiger partial charge >= 0.3 is 11.4 Å². The Hall–Kier alpha value is -1.52. The van der Waals surface area contributed by atoms with Gasteiger partial charge in [-0.3, -0.25) is 0 Å². The lowest BCUT2D eigenvalue weighted by Crippen LogP contribution is -2.41. The Balaban J connectivity index is 1.47. The van der Waals surface area contributed by atoms with Crippen LogP contribution in [0.5, 0.6) is 0 Å². The summed E-state index contributed by atoms with van der Waals surface area (Å²) in [6.45, 7) is 0. The van der Waals surface area contributed by atoms with Gasteiger partial charge in [-0.2, -0.15) is 0 Å². The van der Waals surface area contributed by atoms with E-state index in [2.05, 4.69) is 0 Å². The zero-order valence-electron chi connectivity index (χ0n) is 16.6. The summed E-state index contributed by atoms with van der Waals surface area (Å²) in [6.07, 6.45) is 10.7. The number of aromatic nitrogens is 3. The maximum absolute atomic E-state index is 13.3. The third-order valence-corrected chi connectivity index (χ3v) is 10.8. The summed E-state index contributed by atoms with van der Waals surface area (Å²) in [5.74, 6) is 5.98. The average Bonchev–Trinajstić information content (AvgIpc) is 3.46. The molecule has 0 aromatic carbocycles. The zero-order chi connectivity index (χ0) is 18.5. The quantitative estimate of drug-likeness (QED) is 0.651. The third kappa shape index (κ3) is 1.39. The fourth-order valence-corrected chi connectivity index (χ4v) is 10.2. The molecule has 1 aliphatic heterocycles. The van der Waals surface area contributed by atoms with Crippen LogP contribution in [0.4, 0.5) is 0 Å². The van der Waals surface area contributed by atoms with E-state index in [1.165, 1.54) is 55.9 Å². The standard InChI is InChI=1S/C23H29N3O2/c1-24-22(27)25-20-14-8-4-10-2-6-12(16(10)14)18(20)19-13-7-3-11-5-9-15(17(11)13)21(19)26(25)23(24)28/h10-17,20-21H,2-9H2,1H3/t10-,11-,12+,13+,14-,15-,16-,17+,20+,21+/m1/s1. The normalized spacial score (nSPS) is 51.5. The molecule has 10 atom stereocenters. The van der Waals surface area contributed by atoms with Crippen LogP contribution in [-0.2, 0) is 7.05 Å². The highest BCUT2D eigenvalue weighted by Gasteiger charge is 2.65. The first-order valence-electron chi connectivity index (χ1n) is 11.8. The predicted octanol–water partition coefficient (Wildman–Crippen LogP) is 2.87. The van der Waals surface area contributed by atoms with E-state index in [1.54, 1.807) is 18.2 Å². The maximum atomic E-state index is 13.3. The molecule has 6 fully saturated rings. The Bertz CT molecular complexity index is 991. The molecule has 0 bridgehead atoms. The molecule has 5 heteroatoms. The lowest BCUT2D eigenvalue weighted by atomic mass is 9.83. The van der Waals surface area contributed by atoms with Crippen molar-refractivity contribution in [2.24, 2.45) is 54.4 Å². The number of nitrogens with zero attached hydrogens (tertiary/aromatic N) is 3. The van der Waals surface area contributed by atoms with Crippen LogP contribution in [0.15, 0.2) is 20.7 Å². The number of hydrogen-bond acceptors (Lipinski definition) is 2. The number of fused-ring (bicyclic) bond motifs is 9. The Kier molecular flexibility index (Phi) is 2.53. The lowest BCUT2D eigenvalue weighted by Gasteiger charge is -2.36. The molecule has 6 saturated carbocycles. The van der Waals surface area contributed by atoms with Crippen molar-refractivity contribution in [3.8, 4) is 0 Å². The van der Waals surface area contributed by atoms with Crippen molar-refractivity contribution in [2.45, 2.75) is 63.5 Å². The fourth-order valence-electron chi connectivity index (χ4n) is 10.2. The van der Waals surface area contributed by atoms with Crippen LogP contribution >= 0.6 is 0 Å². The first-order chi connectivity index (χ1) is 13.7. The molecule has 0 unspecified atom stereocenters. The SMILES string of the molecule is Cn1c(=O)n2n(c1=O)[C@@H]1C(=C3[C@H]4CC[C@@H]5CC[C@H]([C@@H]54)[C@@H]32)[C@H]2CC[C@@H]3CC[C@@H]1[C@H]32. The van der Waals surface area contributed by atoms with Crippen molar-refractivity contribution >= 4 is 0 Å². The highest BCUT2D eigenvalue weighted by molar-refractivity contribution is 5.41. The van der Waals surface area contributed by atoms with E-state index in [0.717, 1.165) is 23.7 Å². The van der Waals surface area contributed by atoms with Crippen LogP contribution < -0.4 is 11.4 Å². The molecular formula is C23H29N3O2. The summed E-state index contributed by atoms with van der Waals surface area (Å²) in [4.78, 5) is 26.6. The van der Waals surface area contributed by atoms with Crippen molar-refractivity contribution in [1.29, 1.82) is 0 Å². The van der Waals surface area contributed by atoms with Crippen LogP contribution in [0.3, 0.4) is 0 Å². The Morgan fingerprint density at radius 1 is 0.643 bits per heavy atom. The van der Waals surface area contributed by atoms with E-state index in [9.17, 15) is 9.59 Å². The molecule has 148 valence electrons. The molecular weight excluding hydrogens is 350 g/mol. The lowest BCUT2D eigenvalue weighted by molar-refractivity contribution is 0.225. The summed E-state index contributed by atoms with van der Waals surface area (Å²) in [7, 11) is 1.70. The van der Waals surface area contributed by atoms with Crippen molar-refractivity contribution in [2.75, 3.05) is 0 Å². The van der Waals surface area contributed by atoms with E-state index < -0.39 is 0 Å². The summed E-state index contributed by atoms with van der Waals surface area (Å²) >= 11 is 0. The molecule has 5 nitrogen and oxygen atoms in total. The molecule has 8 rings (SSSR count). The minimum Gasteiger partial charge on any atom is -0.246 e. The first-order valence-corrected chi connectivity index (χ1v) is 11.8. The zero-order valence-corrected chi connectivity index (χ0v) is 16.6. The van der Waals surface area contributed by atoms with Gasteiger partial charge in [0.25, 0.3) is 0 Å². The van der Waals surface area contributed by atoms with Crippen molar-refractivity contribution in [3.63, 3.8) is 0 Å². The number of rotatable bonds is 0. The third-order valence-electron chi connectivity index (χ3n) is 10.8. The van der Waals surface area contributed by atoms with Gasteiger partial charge in [0, 0.05) is 7.05 Å². The largest absolute Gasteiger partial charge is 0.347 e. The molecule has 2 heterocycles. The van der Waals surface area contributed by atoms with E-state index in [4.69, 9.17) is 0 Å². The molecule has 28 heavy (non-hydrogen) atoms. The van der Waals surface area contributed by atoms with Crippen LogP contribution in [0.1, 0.15) is 63.5 Å². The van der Waals surface area contributed by atoms with E-state index in [1.807, 2.05) is 9.36 Å². The van der Waals surface area contributed by atoms with Gasteiger partial charge in [0.1, 0.15) is 0 Å². The van der Waals surface area contributed by atoms with Gasteiger partial charge in [-0.05, 0) is 110 Å². The Morgan fingerprint density at radius 3 is 1.54 bits per heavy atom. The van der Waals surface area contributed by atoms with Gasteiger partial charge in [0.15, 0.2) is 0 Å². The van der Waals surface area contributed by atoms with Crippen LogP contribution in [-0.4, -0.2) is 13.9 Å². The summed E-state index contributed by atoms with van der Waals surface area (Å²) in [6, 6.07) is 0.400. The van der Waals surface area contributed by atoms with E-state index in [-0.39, 0.29) is 23.5 Å². The second-order valence-corrected chi connectivity index (χ2v) is 11.1. The maximum Gasteiger partial charge on any atom is 0.347 e. The summed E-state index contributed by atoms with van der Waals surface area (Å²) < 4.78 is 5.39. The number of hydrogen-bond donors (Lipinski definition) is 0. The molecule has 7 aliphatic rings. The first kappa shape index (κ1) is 15.3. The van der Waals surface area contributed by atoms with Crippen LogP contribution in [0.2, 0.25) is 0 Å². The highest BCUT2D eigenvalue weighted by Crippen LogP contribution is 2.71. The van der Waals surface area contributed by atoms with Crippen molar-refractivity contribution in [1.82, 2.24) is 13.9 Å². The van der Waals surface area contributed by atoms with Gasteiger partial charge in [-0.25, -0.2) is 23.5 Å². The van der Waals surface area contributed by atoms with Gasteiger partial charge in [-0.15, -0.1) is 0 Å². The van der Waals surface area contributed by atoms with Gasteiger partial charge < -0.3 is 0 Å². The second kappa shape index (κ2) is 4.62. The van der Waals surface area contributed by atoms with Crippen molar-refractivity contribution in [3.05, 3.63) is 32.1 Å². The highest BCUT2D eigenvalue weighted by atomic mass is 16.2. The van der Waals surface area contributed by atoms with Crippen LogP contribution in [0, 0.1) is 47.3 Å². The molecule has 0 saturated heterocycles. The minimum absolute atomic E-state index is 0.0541. The average molecular weight is 380 g/mol. The Labute approximate surface area is 164 Å². The molecule has 0 amide bonds. The fraction of sp³-hybridized carbons (Fsp3) is 0.826. The monoisotopic (exact) mass is 379 g/mol. The molecule has 6 aliphatic carbocycles. The molecule has 1 aromatic heterocycles. The summed E-state index contributed by atoms with van der Waals surface area (Å²) in [5, 5.41) is 0. The van der Waals surface area contributed by atoms with E-state index in [0.29, 0.717) is 23.7 Å². The van der Waals surface area contributed by atoms with Gasteiger partial charge in [0.2, 0.25) is 0 Å². The van der Waals surface area contributed by atoms with Gasteiger partial charge in [-0.1, -0.05) is 0 Å². The van der Waals surface area contributed by atoms with Crippen molar-refractivity contribution < 1.29 is 0 Å².